The second-order valence-electron chi connectivity index (χ2n) is 6.28. The number of para-hydroxylation sites is 1. The third-order valence-electron chi connectivity index (χ3n) is 4.22. The fraction of sp³-hybridized carbons (Fsp3) is 0.100. The Labute approximate surface area is 167 Å². The number of nitro benzene ring substituents is 1. The van der Waals surface area contributed by atoms with Gasteiger partial charge in [-0.25, -0.2) is 0 Å². The molecule has 0 radical (unpaired) electrons. The van der Waals surface area contributed by atoms with Crippen LogP contribution >= 0.6 is 0 Å². The second-order valence-corrected chi connectivity index (χ2v) is 6.28. The van der Waals surface area contributed by atoms with Crippen molar-refractivity contribution in [2.75, 3.05) is 5.32 Å². The van der Waals surface area contributed by atoms with Gasteiger partial charge in [-0.3, -0.25) is 19.7 Å². The maximum atomic E-state index is 13.1. The highest BCUT2D eigenvalue weighted by Crippen LogP contribution is 2.34. The summed E-state index contributed by atoms with van der Waals surface area (Å²) in [7, 11) is 0. The fourth-order valence-electron chi connectivity index (χ4n) is 2.83. The van der Waals surface area contributed by atoms with Gasteiger partial charge < -0.3 is 9.88 Å². The SMILES string of the molecule is O=C(Nc1ccccc1C(F)(F)F)c1cccn(Cc2cccc([N+](=O)[O-])c2)c1=O. The molecule has 7 nitrogen and oxygen atoms in total. The van der Waals surface area contributed by atoms with Gasteiger partial charge in [0, 0.05) is 18.3 Å². The van der Waals surface area contributed by atoms with E-state index in [-0.39, 0.29) is 17.8 Å². The van der Waals surface area contributed by atoms with Crippen molar-refractivity contribution >= 4 is 17.3 Å². The Bertz CT molecular complexity index is 1170. The number of rotatable bonds is 5. The topological polar surface area (TPSA) is 94.2 Å². The van der Waals surface area contributed by atoms with Gasteiger partial charge in [0.2, 0.25) is 0 Å². The number of benzene rings is 2. The molecule has 0 saturated heterocycles. The second kappa shape index (κ2) is 8.19. The first-order valence-electron chi connectivity index (χ1n) is 8.57. The van der Waals surface area contributed by atoms with E-state index in [1.165, 1.54) is 48.7 Å². The van der Waals surface area contributed by atoms with Gasteiger partial charge in [-0.1, -0.05) is 24.3 Å². The van der Waals surface area contributed by atoms with Crippen LogP contribution in [0.4, 0.5) is 24.5 Å². The summed E-state index contributed by atoms with van der Waals surface area (Å²) in [5, 5.41) is 13.0. The van der Waals surface area contributed by atoms with Crippen LogP contribution in [-0.4, -0.2) is 15.4 Å². The normalized spacial score (nSPS) is 11.2. The summed E-state index contributed by atoms with van der Waals surface area (Å²) >= 11 is 0. The van der Waals surface area contributed by atoms with Crippen molar-refractivity contribution < 1.29 is 22.9 Å². The number of nitrogens with one attached hydrogen (secondary N) is 1. The Balaban J connectivity index is 1.89. The third-order valence-corrected chi connectivity index (χ3v) is 4.22. The van der Waals surface area contributed by atoms with E-state index >= 15 is 0 Å². The number of amides is 1. The predicted molar refractivity (Wildman–Crippen MR) is 102 cm³/mol. The first-order valence-corrected chi connectivity index (χ1v) is 8.57. The van der Waals surface area contributed by atoms with Gasteiger partial charge in [0.1, 0.15) is 5.56 Å². The lowest BCUT2D eigenvalue weighted by atomic mass is 10.1. The van der Waals surface area contributed by atoms with E-state index in [0.717, 1.165) is 16.7 Å². The van der Waals surface area contributed by atoms with Crippen LogP contribution < -0.4 is 10.9 Å². The van der Waals surface area contributed by atoms with E-state index in [2.05, 4.69) is 5.32 Å². The summed E-state index contributed by atoms with van der Waals surface area (Å²) in [6, 6.07) is 12.6. The Kier molecular flexibility index (Phi) is 5.67. The van der Waals surface area contributed by atoms with Gasteiger partial charge in [-0.2, -0.15) is 13.2 Å². The number of non-ortho nitro benzene ring substituents is 1. The van der Waals surface area contributed by atoms with Crippen LogP contribution in [0.15, 0.2) is 71.7 Å². The number of pyridine rings is 1. The standard InChI is InChI=1S/C20H14F3N3O4/c21-20(22,23)16-8-1-2-9-17(16)24-18(27)15-7-4-10-25(19(15)28)12-13-5-3-6-14(11-13)26(29)30/h1-11H,12H2,(H,24,27). The summed E-state index contributed by atoms with van der Waals surface area (Å²) in [4.78, 5) is 35.4. The monoisotopic (exact) mass is 417 g/mol. The van der Waals surface area contributed by atoms with Crippen molar-refractivity contribution in [1.82, 2.24) is 4.57 Å². The van der Waals surface area contributed by atoms with Crippen LogP contribution in [-0.2, 0) is 12.7 Å². The maximum absolute atomic E-state index is 13.1. The molecule has 0 aliphatic rings. The maximum Gasteiger partial charge on any atom is 0.418 e. The number of carbonyl (C=O) groups is 1. The van der Waals surface area contributed by atoms with Gasteiger partial charge in [0.05, 0.1) is 22.7 Å². The summed E-state index contributed by atoms with van der Waals surface area (Å²) in [6.45, 7) is -0.0548. The molecule has 1 N–H and O–H groups in total. The van der Waals surface area contributed by atoms with E-state index in [4.69, 9.17) is 0 Å². The molecular weight excluding hydrogens is 403 g/mol. The van der Waals surface area contributed by atoms with Crippen LogP contribution in [0.3, 0.4) is 0 Å². The fourth-order valence-corrected chi connectivity index (χ4v) is 2.83. The van der Waals surface area contributed by atoms with Crippen molar-refractivity contribution in [3.8, 4) is 0 Å². The zero-order valence-corrected chi connectivity index (χ0v) is 15.2. The Hall–Kier alpha value is -3.95. The molecule has 3 rings (SSSR count). The molecule has 1 heterocycles. The molecular formula is C20H14F3N3O4. The summed E-state index contributed by atoms with van der Waals surface area (Å²) in [6.07, 6.45) is -3.30. The largest absolute Gasteiger partial charge is 0.418 e. The molecule has 2 aromatic carbocycles. The third kappa shape index (κ3) is 4.54. The molecule has 0 unspecified atom stereocenters. The van der Waals surface area contributed by atoms with Crippen molar-refractivity contribution in [2.45, 2.75) is 12.7 Å². The minimum absolute atomic E-state index is 0.0548. The van der Waals surface area contributed by atoms with Crippen molar-refractivity contribution in [3.05, 3.63) is 104 Å². The van der Waals surface area contributed by atoms with E-state index in [0.29, 0.717) is 5.56 Å². The smallest absolute Gasteiger partial charge is 0.321 e. The number of halogens is 3. The molecule has 3 aromatic rings. The lowest BCUT2D eigenvalue weighted by Crippen LogP contribution is -2.29. The first kappa shape index (κ1) is 20.8. The first-order chi connectivity index (χ1) is 14.2. The molecule has 1 aromatic heterocycles. The average Bonchev–Trinajstić information content (AvgIpc) is 2.69. The summed E-state index contributed by atoms with van der Waals surface area (Å²) in [5.74, 6) is -0.995. The molecule has 0 bridgehead atoms. The summed E-state index contributed by atoms with van der Waals surface area (Å²) in [5.41, 5.74) is -2.31. The Morgan fingerprint density at radius 3 is 2.50 bits per heavy atom. The highest BCUT2D eigenvalue weighted by atomic mass is 19.4. The van der Waals surface area contributed by atoms with Crippen LogP contribution in [0.2, 0.25) is 0 Å². The number of nitrogens with zero attached hydrogens (tertiary/aromatic N) is 2. The highest BCUT2D eigenvalue weighted by molar-refractivity contribution is 6.04. The summed E-state index contributed by atoms with van der Waals surface area (Å²) < 4.78 is 40.5. The van der Waals surface area contributed by atoms with E-state index in [1.54, 1.807) is 6.07 Å². The lowest BCUT2D eigenvalue weighted by Gasteiger charge is -2.14. The molecule has 0 spiro atoms. The van der Waals surface area contributed by atoms with Gasteiger partial charge in [-0.15, -0.1) is 0 Å². The molecule has 0 atom stereocenters. The average molecular weight is 417 g/mol. The number of hydrogen-bond donors (Lipinski definition) is 1. The number of hydrogen-bond acceptors (Lipinski definition) is 4. The number of aromatic nitrogens is 1. The quantitative estimate of drug-likeness (QED) is 0.500. The zero-order valence-electron chi connectivity index (χ0n) is 15.2. The van der Waals surface area contributed by atoms with Crippen molar-refractivity contribution in [2.24, 2.45) is 0 Å². The van der Waals surface area contributed by atoms with Crippen LogP contribution in [0.1, 0.15) is 21.5 Å². The highest BCUT2D eigenvalue weighted by Gasteiger charge is 2.33. The molecule has 0 fully saturated rings. The van der Waals surface area contributed by atoms with Crippen LogP contribution in [0.5, 0.6) is 0 Å². The number of carbonyl (C=O) groups excluding carboxylic acids is 1. The van der Waals surface area contributed by atoms with E-state index < -0.39 is 33.8 Å². The van der Waals surface area contributed by atoms with Crippen LogP contribution in [0.25, 0.3) is 0 Å². The number of anilines is 1. The van der Waals surface area contributed by atoms with E-state index in [9.17, 15) is 32.9 Å². The van der Waals surface area contributed by atoms with Crippen LogP contribution in [0, 0.1) is 10.1 Å². The molecule has 1 amide bonds. The Morgan fingerprint density at radius 2 is 1.80 bits per heavy atom. The molecule has 0 aliphatic carbocycles. The molecule has 30 heavy (non-hydrogen) atoms. The minimum Gasteiger partial charge on any atom is -0.321 e. The molecule has 0 saturated carbocycles. The Morgan fingerprint density at radius 1 is 1.07 bits per heavy atom. The zero-order chi connectivity index (χ0) is 21.9. The van der Waals surface area contributed by atoms with Gasteiger partial charge in [0.15, 0.2) is 0 Å². The van der Waals surface area contributed by atoms with Crippen molar-refractivity contribution in [1.29, 1.82) is 0 Å². The molecule has 154 valence electrons. The van der Waals surface area contributed by atoms with Gasteiger partial charge in [-0.05, 0) is 29.8 Å². The predicted octanol–water partition coefficient (Wildman–Crippen LogP) is 4.08. The lowest BCUT2D eigenvalue weighted by molar-refractivity contribution is -0.384. The van der Waals surface area contributed by atoms with Crippen molar-refractivity contribution in [3.63, 3.8) is 0 Å². The number of nitro groups is 1. The van der Waals surface area contributed by atoms with Gasteiger partial charge >= 0.3 is 6.18 Å². The number of alkyl halides is 3. The minimum atomic E-state index is -4.68. The van der Waals surface area contributed by atoms with Gasteiger partial charge in [0.25, 0.3) is 17.2 Å². The molecule has 0 aliphatic heterocycles. The molecule has 10 heteroatoms. The van der Waals surface area contributed by atoms with E-state index in [1.807, 2.05) is 0 Å².